The molecule has 0 saturated heterocycles. The van der Waals surface area contributed by atoms with Crippen molar-refractivity contribution in [2.24, 2.45) is 17.3 Å². The summed E-state index contributed by atoms with van der Waals surface area (Å²) in [6.45, 7) is 6.76. The summed E-state index contributed by atoms with van der Waals surface area (Å²) in [5.41, 5.74) is -0.448. The van der Waals surface area contributed by atoms with Gasteiger partial charge < -0.3 is 5.11 Å². The molecule has 1 unspecified atom stereocenters. The molecule has 0 radical (unpaired) electrons. The van der Waals surface area contributed by atoms with E-state index in [0.29, 0.717) is 5.92 Å². The molecule has 0 aliphatic heterocycles. The molecule has 1 rings (SSSR count). The summed E-state index contributed by atoms with van der Waals surface area (Å²) in [5.74, 6) is 1.45. The van der Waals surface area contributed by atoms with Crippen molar-refractivity contribution in [3.8, 4) is 6.07 Å². The third-order valence-corrected chi connectivity index (χ3v) is 5.31. The largest absolute Gasteiger partial charge is 0.391 e. The molecule has 0 aromatic heterocycles. The van der Waals surface area contributed by atoms with Crippen molar-refractivity contribution in [2.75, 3.05) is 0 Å². The van der Waals surface area contributed by atoms with Gasteiger partial charge in [-0.2, -0.15) is 5.26 Å². The van der Waals surface area contributed by atoms with Crippen molar-refractivity contribution < 1.29 is 5.11 Å². The number of aliphatic hydroxyl groups excluding tert-OH is 1. The van der Waals surface area contributed by atoms with Crippen molar-refractivity contribution in [3.63, 3.8) is 0 Å². The molecule has 1 N–H and O–H groups in total. The lowest BCUT2D eigenvalue weighted by atomic mass is 9.65. The van der Waals surface area contributed by atoms with Crippen LogP contribution in [-0.4, -0.2) is 11.2 Å². The summed E-state index contributed by atoms with van der Waals surface area (Å²) in [5, 5.41) is 20.1. The number of nitrogens with zero attached hydrogens (tertiary/aromatic N) is 1. The Kier molecular flexibility index (Phi) is 7.59. The molecule has 0 heterocycles. The van der Waals surface area contributed by atoms with Gasteiger partial charge in [0.15, 0.2) is 0 Å². The van der Waals surface area contributed by atoms with Gasteiger partial charge in [0, 0.05) is 0 Å². The lowest BCUT2D eigenvalue weighted by Gasteiger charge is -2.39. The van der Waals surface area contributed by atoms with E-state index >= 15 is 0 Å². The Morgan fingerprint density at radius 2 is 1.75 bits per heavy atom. The summed E-state index contributed by atoms with van der Waals surface area (Å²) in [6.07, 6.45) is 10.5. The molecule has 116 valence electrons. The van der Waals surface area contributed by atoms with Crippen LogP contribution in [0.1, 0.15) is 85.0 Å². The van der Waals surface area contributed by atoms with Gasteiger partial charge in [0.05, 0.1) is 17.6 Å². The van der Waals surface area contributed by atoms with Crippen molar-refractivity contribution in [1.29, 1.82) is 5.26 Å². The van der Waals surface area contributed by atoms with Crippen molar-refractivity contribution in [2.45, 2.75) is 91.1 Å². The normalized spacial score (nSPS) is 28.3. The molecule has 1 fully saturated rings. The Morgan fingerprint density at radius 3 is 2.25 bits per heavy atom. The molecular formula is C18H33NO. The van der Waals surface area contributed by atoms with E-state index in [4.69, 9.17) is 0 Å². The standard InChI is InChI=1S/C18H33NO/c1-4-5-6-7-8-9-17(20)18(14-19)12-10-16(11-13-18)15(2)3/h15-17,20H,4-13H2,1-3H3. The Morgan fingerprint density at radius 1 is 1.15 bits per heavy atom. The molecule has 0 aromatic carbocycles. The Labute approximate surface area is 125 Å². The second kappa shape index (κ2) is 8.67. The van der Waals surface area contributed by atoms with Crippen LogP contribution in [-0.2, 0) is 0 Å². The third kappa shape index (κ3) is 4.77. The molecule has 0 amide bonds. The smallest absolute Gasteiger partial charge is 0.0832 e. The first-order valence-corrected chi connectivity index (χ1v) is 8.65. The highest BCUT2D eigenvalue weighted by molar-refractivity contribution is 5.06. The summed E-state index contributed by atoms with van der Waals surface area (Å²) in [6, 6.07) is 2.48. The average Bonchev–Trinajstić information content (AvgIpc) is 2.46. The number of aliphatic hydroxyl groups is 1. The first-order valence-electron chi connectivity index (χ1n) is 8.65. The zero-order chi connectivity index (χ0) is 15.0. The minimum absolute atomic E-state index is 0.415. The van der Waals surface area contributed by atoms with E-state index in [9.17, 15) is 10.4 Å². The maximum Gasteiger partial charge on any atom is 0.0832 e. The van der Waals surface area contributed by atoms with Crippen molar-refractivity contribution in [3.05, 3.63) is 0 Å². The van der Waals surface area contributed by atoms with Gasteiger partial charge in [-0.15, -0.1) is 0 Å². The van der Waals surface area contributed by atoms with E-state index in [1.807, 2.05) is 0 Å². The maximum atomic E-state index is 10.5. The van der Waals surface area contributed by atoms with Gasteiger partial charge in [-0.3, -0.25) is 0 Å². The summed E-state index contributed by atoms with van der Waals surface area (Å²) in [7, 11) is 0. The van der Waals surface area contributed by atoms with Crippen LogP contribution in [0.4, 0.5) is 0 Å². The average molecular weight is 279 g/mol. The van der Waals surface area contributed by atoms with E-state index in [1.54, 1.807) is 0 Å². The van der Waals surface area contributed by atoms with Gasteiger partial charge in [-0.1, -0.05) is 52.9 Å². The number of hydrogen-bond donors (Lipinski definition) is 1. The second-order valence-corrected chi connectivity index (χ2v) is 7.07. The molecular weight excluding hydrogens is 246 g/mol. The van der Waals surface area contributed by atoms with Crippen molar-refractivity contribution >= 4 is 0 Å². The quantitative estimate of drug-likeness (QED) is 0.631. The maximum absolute atomic E-state index is 10.5. The van der Waals surface area contributed by atoms with Crippen LogP contribution in [0.2, 0.25) is 0 Å². The molecule has 0 aromatic rings. The van der Waals surface area contributed by atoms with Gasteiger partial charge in [-0.05, 0) is 43.9 Å². The zero-order valence-electron chi connectivity index (χ0n) is 13.7. The van der Waals surface area contributed by atoms with Gasteiger partial charge in [0.25, 0.3) is 0 Å². The Balaban J connectivity index is 2.39. The highest BCUT2D eigenvalue weighted by Crippen LogP contribution is 2.44. The number of rotatable bonds is 8. The highest BCUT2D eigenvalue weighted by Gasteiger charge is 2.41. The first-order chi connectivity index (χ1) is 9.55. The topological polar surface area (TPSA) is 44.0 Å². The van der Waals surface area contributed by atoms with E-state index in [-0.39, 0.29) is 0 Å². The SMILES string of the molecule is CCCCCCCC(O)C1(C#N)CCC(C(C)C)CC1. The second-order valence-electron chi connectivity index (χ2n) is 7.07. The lowest BCUT2D eigenvalue weighted by molar-refractivity contribution is 0.0134. The van der Waals surface area contributed by atoms with E-state index in [1.165, 1.54) is 25.7 Å². The van der Waals surface area contributed by atoms with E-state index in [0.717, 1.165) is 44.4 Å². The summed E-state index contributed by atoms with van der Waals surface area (Å²) < 4.78 is 0. The molecule has 0 bridgehead atoms. The van der Waals surface area contributed by atoms with Crippen LogP contribution in [0.25, 0.3) is 0 Å². The minimum Gasteiger partial charge on any atom is -0.391 e. The van der Waals surface area contributed by atoms with Crippen LogP contribution in [0.15, 0.2) is 0 Å². The first kappa shape index (κ1) is 17.5. The van der Waals surface area contributed by atoms with Crippen LogP contribution in [0.5, 0.6) is 0 Å². The number of nitriles is 1. The lowest BCUT2D eigenvalue weighted by Crippen LogP contribution is -2.38. The zero-order valence-corrected chi connectivity index (χ0v) is 13.7. The van der Waals surface area contributed by atoms with Crippen LogP contribution >= 0.6 is 0 Å². The van der Waals surface area contributed by atoms with E-state index < -0.39 is 11.5 Å². The van der Waals surface area contributed by atoms with Gasteiger partial charge in [0.1, 0.15) is 0 Å². The molecule has 2 nitrogen and oxygen atoms in total. The molecule has 1 atom stereocenters. The summed E-state index contributed by atoms with van der Waals surface area (Å²) >= 11 is 0. The molecule has 1 aliphatic rings. The highest BCUT2D eigenvalue weighted by atomic mass is 16.3. The van der Waals surface area contributed by atoms with Crippen LogP contribution < -0.4 is 0 Å². The Bertz CT molecular complexity index is 297. The monoisotopic (exact) mass is 279 g/mol. The Hall–Kier alpha value is -0.550. The molecule has 0 spiro atoms. The van der Waals surface area contributed by atoms with Crippen molar-refractivity contribution in [1.82, 2.24) is 0 Å². The molecule has 20 heavy (non-hydrogen) atoms. The van der Waals surface area contributed by atoms with Gasteiger partial charge in [0.2, 0.25) is 0 Å². The fraction of sp³-hybridized carbons (Fsp3) is 0.944. The number of unbranched alkanes of at least 4 members (excludes halogenated alkanes) is 4. The summed E-state index contributed by atoms with van der Waals surface area (Å²) in [4.78, 5) is 0. The van der Waals surface area contributed by atoms with Gasteiger partial charge in [-0.25, -0.2) is 0 Å². The van der Waals surface area contributed by atoms with Crippen LogP contribution in [0, 0.1) is 28.6 Å². The fourth-order valence-electron chi connectivity index (χ4n) is 3.56. The number of hydrogen-bond acceptors (Lipinski definition) is 2. The fourth-order valence-corrected chi connectivity index (χ4v) is 3.56. The predicted octanol–water partition coefficient (Wildman–Crippen LogP) is 5.06. The van der Waals surface area contributed by atoms with Crippen LogP contribution in [0.3, 0.4) is 0 Å². The molecule has 2 heteroatoms. The minimum atomic E-state index is -0.448. The molecule has 1 aliphatic carbocycles. The molecule has 1 saturated carbocycles. The third-order valence-electron chi connectivity index (χ3n) is 5.31. The van der Waals surface area contributed by atoms with E-state index in [2.05, 4.69) is 26.8 Å². The predicted molar refractivity (Wildman–Crippen MR) is 84.2 cm³/mol. The van der Waals surface area contributed by atoms with Gasteiger partial charge >= 0.3 is 0 Å².